The molecular weight excluding hydrogens is 296 g/mol. The number of nitrogens with two attached hydrogens (primary N) is 1. The molecule has 1 aliphatic rings. The monoisotopic (exact) mass is 318 g/mol. The van der Waals surface area contributed by atoms with Crippen LogP contribution in [0.1, 0.15) is 32.1 Å². The molecule has 2 N–H and O–H groups in total. The van der Waals surface area contributed by atoms with Gasteiger partial charge in [-0.1, -0.05) is 25.3 Å². The topological polar surface area (TPSA) is 63.6 Å². The van der Waals surface area contributed by atoms with Crippen molar-refractivity contribution in [3.63, 3.8) is 0 Å². The lowest BCUT2D eigenvalue weighted by Crippen LogP contribution is -2.45. The molecule has 0 atom stereocenters. The normalized spacial score (nSPS) is 16.0. The average molecular weight is 318 g/mol. The first-order chi connectivity index (χ1) is 10.8. The summed E-state index contributed by atoms with van der Waals surface area (Å²) < 4.78 is 2.07. The number of hydrogen-bond donors (Lipinski definition) is 1. The predicted molar refractivity (Wildman–Crippen MR) is 89.1 cm³/mol. The second-order valence-electron chi connectivity index (χ2n) is 5.69. The lowest BCUT2D eigenvalue weighted by atomic mass is 9.94. The second-order valence-corrected chi connectivity index (χ2v) is 6.81. The van der Waals surface area contributed by atoms with Gasteiger partial charge in [0.25, 0.3) is 0 Å². The highest BCUT2D eigenvalue weighted by Gasteiger charge is 2.23. The second kappa shape index (κ2) is 7.05. The maximum Gasteiger partial charge on any atom is 0.315 e. The smallest absolute Gasteiger partial charge is 0.315 e. The number of pyridine rings is 1. The number of primary amides is 1. The highest BCUT2D eigenvalue weighted by atomic mass is 32.2. The van der Waals surface area contributed by atoms with Gasteiger partial charge in [0.15, 0.2) is 0 Å². The lowest BCUT2D eigenvalue weighted by molar-refractivity contribution is 0.169. The summed E-state index contributed by atoms with van der Waals surface area (Å²) in [5.74, 6) is 0.844. The zero-order valence-electron chi connectivity index (χ0n) is 12.6. The van der Waals surface area contributed by atoms with Crippen molar-refractivity contribution in [1.82, 2.24) is 14.3 Å². The summed E-state index contributed by atoms with van der Waals surface area (Å²) in [6.45, 7) is 0.704. The van der Waals surface area contributed by atoms with E-state index in [9.17, 15) is 4.79 Å². The Kier molecular flexibility index (Phi) is 4.87. The van der Waals surface area contributed by atoms with Crippen LogP contribution in [0.25, 0.3) is 5.65 Å². The molecule has 1 saturated carbocycles. The number of fused-ring (bicyclic) bond motifs is 1. The van der Waals surface area contributed by atoms with Gasteiger partial charge in [0, 0.05) is 30.7 Å². The van der Waals surface area contributed by atoms with Crippen LogP contribution in [-0.2, 0) is 0 Å². The molecule has 2 aromatic heterocycles. The number of rotatable bonds is 5. The highest BCUT2D eigenvalue weighted by Crippen LogP contribution is 2.24. The molecule has 0 radical (unpaired) electrons. The van der Waals surface area contributed by atoms with Gasteiger partial charge >= 0.3 is 6.03 Å². The number of carbonyl (C=O) groups is 1. The first kappa shape index (κ1) is 15.2. The van der Waals surface area contributed by atoms with Crippen LogP contribution in [0.3, 0.4) is 0 Å². The Morgan fingerprint density at radius 3 is 2.95 bits per heavy atom. The summed E-state index contributed by atoms with van der Waals surface area (Å²) in [5, 5.41) is 1.14. The first-order valence-corrected chi connectivity index (χ1v) is 8.85. The minimum atomic E-state index is -0.284. The molecule has 1 aliphatic carbocycles. The van der Waals surface area contributed by atoms with Crippen LogP contribution in [0.15, 0.2) is 35.6 Å². The van der Waals surface area contributed by atoms with Crippen molar-refractivity contribution in [2.24, 2.45) is 5.73 Å². The summed E-state index contributed by atoms with van der Waals surface area (Å²) in [7, 11) is 0. The molecule has 0 bridgehead atoms. The molecule has 2 aromatic rings. The average Bonchev–Trinajstić information content (AvgIpc) is 3.01. The number of carbonyl (C=O) groups excluding carboxylic acids is 1. The van der Waals surface area contributed by atoms with E-state index in [1.54, 1.807) is 18.0 Å². The number of imidazole rings is 1. The van der Waals surface area contributed by atoms with E-state index in [2.05, 4.69) is 15.5 Å². The molecule has 118 valence electrons. The number of urea groups is 1. The van der Waals surface area contributed by atoms with Gasteiger partial charge in [0.2, 0.25) is 0 Å². The van der Waals surface area contributed by atoms with Crippen LogP contribution < -0.4 is 5.73 Å². The molecule has 2 amide bonds. The largest absolute Gasteiger partial charge is 0.351 e. The van der Waals surface area contributed by atoms with Crippen LogP contribution in [-0.4, -0.2) is 38.7 Å². The number of thioether (sulfide) groups is 1. The first-order valence-electron chi connectivity index (χ1n) is 7.86. The van der Waals surface area contributed by atoms with Gasteiger partial charge in [-0.25, -0.2) is 9.78 Å². The van der Waals surface area contributed by atoms with Gasteiger partial charge in [-0.15, -0.1) is 11.8 Å². The quantitative estimate of drug-likeness (QED) is 0.861. The molecule has 0 aromatic carbocycles. The molecule has 0 unspecified atom stereocenters. The minimum absolute atomic E-state index is 0.284. The standard InChI is InChI=1S/C16H22N4OS/c17-16(21)19(13-5-2-1-3-6-13)11-12-22-15-8-4-7-14-18-9-10-20(14)15/h4,7-10,13H,1-3,5-6,11-12H2,(H2,17,21). The van der Waals surface area contributed by atoms with E-state index in [4.69, 9.17) is 5.73 Å². The third kappa shape index (κ3) is 3.38. The minimum Gasteiger partial charge on any atom is -0.351 e. The van der Waals surface area contributed by atoms with Crippen LogP contribution >= 0.6 is 11.8 Å². The summed E-state index contributed by atoms with van der Waals surface area (Å²) in [6, 6.07) is 6.12. The zero-order valence-corrected chi connectivity index (χ0v) is 13.5. The molecular formula is C16H22N4OS. The lowest BCUT2D eigenvalue weighted by Gasteiger charge is -2.33. The predicted octanol–water partition coefficient (Wildman–Crippen LogP) is 3.14. The molecule has 3 rings (SSSR count). The van der Waals surface area contributed by atoms with Crippen molar-refractivity contribution in [2.45, 2.75) is 43.2 Å². The number of hydrogen-bond acceptors (Lipinski definition) is 3. The van der Waals surface area contributed by atoms with E-state index >= 15 is 0 Å². The SMILES string of the molecule is NC(=O)N(CCSc1cccc2nccn12)C1CCCCC1. The maximum atomic E-state index is 11.7. The summed E-state index contributed by atoms with van der Waals surface area (Å²) in [5.41, 5.74) is 6.53. The molecule has 0 aliphatic heterocycles. The fourth-order valence-corrected chi connectivity index (χ4v) is 4.12. The molecule has 2 heterocycles. The van der Waals surface area contributed by atoms with E-state index in [-0.39, 0.29) is 6.03 Å². The molecule has 0 saturated heterocycles. The van der Waals surface area contributed by atoms with Crippen LogP contribution in [0, 0.1) is 0 Å². The zero-order chi connectivity index (χ0) is 15.4. The molecule has 0 spiro atoms. The molecule has 5 nitrogen and oxygen atoms in total. The third-order valence-electron chi connectivity index (χ3n) is 4.27. The fourth-order valence-electron chi connectivity index (χ4n) is 3.15. The van der Waals surface area contributed by atoms with Crippen LogP contribution in [0.5, 0.6) is 0 Å². The highest BCUT2D eigenvalue weighted by molar-refractivity contribution is 7.99. The van der Waals surface area contributed by atoms with E-state index < -0.39 is 0 Å². The molecule has 1 fully saturated rings. The van der Waals surface area contributed by atoms with Gasteiger partial charge in [-0.05, 0) is 25.0 Å². The third-order valence-corrected chi connectivity index (χ3v) is 5.29. The van der Waals surface area contributed by atoms with Crippen molar-refractivity contribution in [2.75, 3.05) is 12.3 Å². The van der Waals surface area contributed by atoms with Gasteiger partial charge in [0.1, 0.15) is 5.65 Å². The summed E-state index contributed by atoms with van der Waals surface area (Å²) in [6.07, 6.45) is 9.63. The van der Waals surface area contributed by atoms with E-state index in [0.29, 0.717) is 12.6 Å². The van der Waals surface area contributed by atoms with Crippen LogP contribution in [0.4, 0.5) is 4.79 Å². The Morgan fingerprint density at radius 2 is 2.18 bits per heavy atom. The number of amides is 2. The van der Waals surface area contributed by atoms with Crippen molar-refractivity contribution in [3.8, 4) is 0 Å². The Labute approximate surface area is 134 Å². The van der Waals surface area contributed by atoms with Gasteiger partial charge < -0.3 is 10.6 Å². The van der Waals surface area contributed by atoms with Gasteiger partial charge in [0.05, 0.1) is 5.03 Å². The van der Waals surface area contributed by atoms with Crippen LogP contribution in [0.2, 0.25) is 0 Å². The fraction of sp³-hybridized carbons (Fsp3) is 0.500. The maximum absolute atomic E-state index is 11.7. The summed E-state index contributed by atoms with van der Waals surface area (Å²) in [4.78, 5) is 17.9. The Balaban J connectivity index is 1.60. The molecule has 22 heavy (non-hydrogen) atoms. The van der Waals surface area contributed by atoms with Crippen molar-refractivity contribution in [3.05, 3.63) is 30.6 Å². The number of nitrogens with zero attached hydrogens (tertiary/aromatic N) is 3. The van der Waals surface area contributed by atoms with Crippen molar-refractivity contribution >= 4 is 23.4 Å². The van der Waals surface area contributed by atoms with E-state index in [0.717, 1.165) is 29.3 Å². The van der Waals surface area contributed by atoms with Gasteiger partial charge in [-0.3, -0.25) is 4.40 Å². The Morgan fingerprint density at radius 1 is 1.36 bits per heavy atom. The van der Waals surface area contributed by atoms with Crippen molar-refractivity contribution < 1.29 is 4.79 Å². The summed E-state index contributed by atoms with van der Waals surface area (Å²) >= 11 is 1.74. The Hall–Kier alpha value is -1.69. The van der Waals surface area contributed by atoms with E-state index in [1.807, 2.05) is 23.2 Å². The molecule has 6 heteroatoms. The van der Waals surface area contributed by atoms with Gasteiger partial charge in [-0.2, -0.15) is 0 Å². The van der Waals surface area contributed by atoms with Crippen molar-refractivity contribution in [1.29, 1.82) is 0 Å². The Bertz CT molecular complexity index is 636. The van der Waals surface area contributed by atoms with E-state index in [1.165, 1.54) is 19.3 Å². The number of aromatic nitrogens is 2.